The molecule has 0 saturated heterocycles. The summed E-state index contributed by atoms with van der Waals surface area (Å²) in [6.07, 6.45) is 0.291. The molecule has 0 N–H and O–H groups in total. The van der Waals surface area contributed by atoms with Gasteiger partial charge in [-0.2, -0.15) is 0 Å². The second kappa shape index (κ2) is 7.20. The number of benzene rings is 1. The normalized spacial score (nSPS) is 10.5. The Morgan fingerprint density at radius 2 is 2.21 bits per heavy atom. The molecular weight excluding hydrogens is 316 g/mol. The molecule has 0 atom stereocenters. The number of carbonyl (C=O) groups excluding carboxylic acids is 1. The van der Waals surface area contributed by atoms with Crippen molar-refractivity contribution in [3.05, 3.63) is 38.3 Å². The summed E-state index contributed by atoms with van der Waals surface area (Å²) in [6, 6.07) is 4.90. The molecule has 0 heterocycles. The SMILES string of the molecule is COC(=O)CCN(C)Cc1cccc([N+](=O)[O-])c1Br. The van der Waals surface area contributed by atoms with Gasteiger partial charge in [-0.15, -0.1) is 0 Å². The topological polar surface area (TPSA) is 72.7 Å². The number of nitrogens with zero attached hydrogens (tertiary/aromatic N) is 2. The fourth-order valence-electron chi connectivity index (χ4n) is 1.58. The van der Waals surface area contributed by atoms with Gasteiger partial charge < -0.3 is 9.64 Å². The van der Waals surface area contributed by atoms with Crippen LogP contribution in [0.2, 0.25) is 0 Å². The number of ether oxygens (including phenoxy) is 1. The minimum absolute atomic E-state index is 0.0406. The summed E-state index contributed by atoms with van der Waals surface area (Å²) < 4.78 is 5.04. The van der Waals surface area contributed by atoms with E-state index in [-0.39, 0.29) is 11.7 Å². The van der Waals surface area contributed by atoms with Crippen molar-refractivity contribution in [1.82, 2.24) is 4.90 Å². The molecule has 0 aliphatic heterocycles. The van der Waals surface area contributed by atoms with Crippen molar-refractivity contribution in [3.8, 4) is 0 Å². The lowest BCUT2D eigenvalue weighted by atomic mass is 10.2. The number of carbonyl (C=O) groups is 1. The third-order valence-electron chi connectivity index (χ3n) is 2.62. The number of halogens is 1. The quantitative estimate of drug-likeness (QED) is 0.454. The first-order valence-corrected chi connectivity index (χ1v) is 6.42. The Kier molecular flexibility index (Phi) is 5.91. The molecule has 0 bridgehead atoms. The molecule has 1 aromatic carbocycles. The van der Waals surface area contributed by atoms with Crippen LogP contribution in [0.4, 0.5) is 5.69 Å². The van der Waals surface area contributed by atoms with Crippen LogP contribution in [0.3, 0.4) is 0 Å². The summed E-state index contributed by atoms with van der Waals surface area (Å²) in [7, 11) is 3.19. The fourth-order valence-corrected chi connectivity index (χ4v) is 2.12. The van der Waals surface area contributed by atoms with E-state index < -0.39 is 4.92 Å². The van der Waals surface area contributed by atoms with Gasteiger partial charge in [0.2, 0.25) is 0 Å². The number of nitro benzene ring substituents is 1. The number of esters is 1. The molecule has 7 heteroatoms. The largest absolute Gasteiger partial charge is 0.469 e. The Hall–Kier alpha value is -1.47. The maximum Gasteiger partial charge on any atom is 0.306 e. The first-order valence-electron chi connectivity index (χ1n) is 5.63. The van der Waals surface area contributed by atoms with Crippen molar-refractivity contribution in [2.45, 2.75) is 13.0 Å². The van der Waals surface area contributed by atoms with E-state index in [0.29, 0.717) is 24.0 Å². The summed E-state index contributed by atoms with van der Waals surface area (Å²) in [4.78, 5) is 23.3. The zero-order chi connectivity index (χ0) is 14.4. The summed E-state index contributed by atoms with van der Waals surface area (Å²) >= 11 is 3.24. The van der Waals surface area contributed by atoms with Crippen LogP contribution >= 0.6 is 15.9 Å². The standard InChI is InChI=1S/C12H15BrN2O4/c1-14(7-6-11(16)19-2)8-9-4-3-5-10(12(9)13)15(17)18/h3-5H,6-8H2,1-2H3. The molecule has 0 saturated carbocycles. The number of methoxy groups -OCH3 is 1. The first kappa shape index (κ1) is 15.6. The molecular formula is C12H15BrN2O4. The molecule has 0 aliphatic rings. The van der Waals surface area contributed by atoms with Gasteiger partial charge in [-0.25, -0.2) is 0 Å². The van der Waals surface area contributed by atoms with E-state index in [9.17, 15) is 14.9 Å². The highest BCUT2D eigenvalue weighted by Gasteiger charge is 2.15. The van der Waals surface area contributed by atoms with Gasteiger partial charge in [-0.3, -0.25) is 14.9 Å². The third-order valence-corrected chi connectivity index (χ3v) is 3.54. The van der Waals surface area contributed by atoms with Gasteiger partial charge in [0.1, 0.15) is 0 Å². The van der Waals surface area contributed by atoms with Crippen LogP contribution in [0.1, 0.15) is 12.0 Å². The molecule has 0 unspecified atom stereocenters. The lowest BCUT2D eigenvalue weighted by molar-refractivity contribution is -0.385. The third kappa shape index (κ3) is 4.60. The molecule has 1 rings (SSSR count). The molecule has 19 heavy (non-hydrogen) atoms. The van der Waals surface area contributed by atoms with Gasteiger partial charge in [0.15, 0.2) is 0 Å². The maximum atomic E-state index is 11.0. The molecule has 0 aliphatic carbocycles. The molecule has 0 radical (unpaired) electrons. The van der Waals surface area contributed by atoms with E-state index in [0.717, 1.165) is 5.56 Å². The Labute approximate surface area is 119 Å². The molecule has 104 valence electrons. The Morgan fingerprint density at radius 3 is 2.79 bits per heavy atom. The second-order valence-corrected chi connectivity index (χ2v) is 4.86. The van der Waals surface area contributed by atoms with Crippen molar-refractivity contribution in [3.63, 3.8) is 0 Å². The van der Waals surface area contributed by atoms with Crippen molar-refractivity contribution in [1.29, 1.82) is 0 Å². The molecule has 6 nitrogen and oxygen atoms in total. The summed E-state index contributed by atoms with van der Waals surface area (Å²) in [5.41, 5.74) is 0.848. The highest BCUT2D eigenvalue weighted by atomic mass is 79.9. The average molecular weight is 331 g/mol. The molecule has 0 aromatic heterocycles. The Balaban J connectivity index is 2.69. The lowest BCUT2D eigenvalue weighted by Gasteiger charge is -2.16. The summed E-state index contributed by atoms with van der Waals surface area (Å²) in [6.45, 7) is 1.04. The number of hydrogen-bond donors (Lipinski definition) is 0. The number of rotatable bonds is 6. The number of hydrogen-bond acceptors (Lipinski definition) is 5. The van der Waals surface area contributed by atoms with Crippen molar-refractivity contribution in [2.75, 3.05) is 20.7 Å². The zero-order valence-electron chi connectivity index (χ0n) is 10.8. The highest BCUT2D eigenvalue weighted by molar-refractivity contribution is 9.10. The molecule has 0 spiro atoms. The average Bonchev–Trinajstić information content (AvgIpc) is 2.38. The van der Waals surface area contributed by atoms with Crippen LogP contribution in [0.15, 0.2) is 22.7 Å². The predicted octanol–water partition coefficient (Wildman–Crippen LogP) is 2.35. The van der Waals surface area contributed by atoms with Gasteiger partial charge in [-0.05, 0) is 28.5 Å². The summed E-state index contributed by atoms with van der Waals surface area (Å²) in [5.74, 6) is -0.273. The van der Waals surface area contributed by atoms with E-state index in [1.54, 1.807) is 6.07 Å². The van der Waals surface area contributed by atoms with Gasteiger partial charge in [0.05, 0.1) is 22.9 Å². The van der Waals surface area contributed by atoms with Gasteiger partial charge in [0, 0.05) is 19.2 Å². The van der Waals surface area contributed by atoms with Crippen LogP contribution in [0.25, 0.3) is 0 Å². The number of nitro groups is 1. The van der Waals surface area contributed by atoms with Crippen LogP contribution in [-0.2, 0) is 16.1 Å². The minimum atomic E-state index is -0.429. The molecule has 1 aromatic rings. The van der Waals surface area contributed by atoms with Crippen molar-refractivity contribution in [2.24, 2.45) is 0 Å². The lowest BCUT2D eigenvalue weighted by Crippen LogP contribution is -2.22. The maximum absolute atomic E-state index is 11.0. The van der Waals surface area contributed by atoms with E-state index in [1.807, 2.05) is 18.0 Å². The highest BCUT2D eigenvalue weighted by Crippen LogP contribution is 2.28. The fraction of sp³-hybridized carbons (Fsp3) is 0.417. The van der Waals surface area contributed by atoms with E-state index in [2.05, 4.69) is 20.7 Å². The van der Waals surface area contributed by atoms with Crippen LogP contribution in [0, 0.1) is 10.1 Å². The van der Waals surface area contributed by atoms with Crippen molar-refractivity contribution >= 4 is 27.6 Å². The first-order chi connectivity index (χ1) is 8.95. The zero-order valence-corrected chi connectivity index (χ0v) is 12.3. The summed E-state index contributed by atoms with van der Waals surface area (Å²) in [5, 5.41) is 10.8. The van der Waals surface area contributed by atoms with Crippen LogP contribution in [0.5, 0.6) is 0 Å². The second-order valence-electron chi connectivity index (χ2n) is 4.07. The monoisotopic (exact) mass is 330 g/mol. The van der Waals surface area contributed by atoms with Crippen LogP contribution < -0.4 is 0 Å². The van der Waals surface area contributed by atoms with Gasteiger partial charge in [-0.1, -0.05) is 12.1 Å². The smallest absolute Gasteiger partial charge is 0.306 e. The molecule has 0 fully saturated rings. The van der Waals surface area contributed by atoms with Gasteiger partial charge in [0.25, 0.3) is 5.69 Å². The van der Waals surface area contributed by atoms with Crippen molar-refractivity contribution < 1.29 is 14.5 Å². The van der Waals surface area contributed by atoms with Crippen LogP contribution in [-0.4, -0.2) is 36.5 Å². The predicted molar refractivity (Wildman–Crippen MR) is 73.8 cm³/mol. The minimum Gasteiger partial charge on any atom is -0.469 e. The van der Waals surface area contributed by atoms with E-state index in [4.69, 9.17) is 0 Å². The molecule has 0 amide bonds. The van der Waals surface area contributed by atoms with E-state index >= 15 is 0 Å². The van der Waals surface area contributed by atoms with Gasteiger partial charge >= 0.3 is 5.97 Å². The Bertz CT molecular complexity index is 479. The Morgan fingerprint density at radius 1 is 1.53 bits per heavy atom. The van der Waals surface area contributed by atoms with E-state index in [1.165, 1.54) is 13.2 Å².